The number of carbonyl (C=O) groups is 3. The summed E-state index contributed by atoms with van der Waals surface area (Å²) in [5.74, 6) is -1.78. The third-order valence-corrected chi connectivity index (χ3v) is 3.54. The quantitative estimate of drug-likeness (QED) is 0.783. The Kier molecular flexibility index (Phi) is 2.67. The number of amides is 3. The van der Waals surface area contributed by atoms with Crippen LogP contribution in [0.1, 0.15) is 33.6 Å². The molecule has 3 amide bonds. The normalized spacial score (nSPS) is 22.1. The zero-order chi connectivity index (χ0) is 14.4. The molecule has 2 aliphatic heterocycles. The van der Waals surface area contributed by atoms with Crippen LogP contribution in [0.15, 0.2) is 30.5 Å². The lowest BCUT2D eigenvalue weighted by molar-refractivity contribution is -0.121. The first kappa shape index (κ1) is 12.5. The summed E-state index contributed by atoms with van der Waals surface area (Å²) >= 11 is 0. The van der Waals surface area contributed by atoms with E-state index in [-0.39, 0.29) is 23.5 Å². The van der Waals surface area contributed by atoms with Crippen LogP contribution in [-0.2, 0) is 4.79 Å². The second-order valence-corrected chi connectivity index (χ2v) is 4.80. The average Bonchev–Trinajstić information content (AvgIpc) is 2.63. The number of nitrogens with one attached hydrogen (secondary N) is 1. The first-order chi connectivity index (χ1) is 9.49. The molecule has 6 heteroatoms. The van der Waals surface area contributed by atoms with Crippen LogP contribution in [-0.4, -0.2) is 28.7 Å². The van der Waals surface area contributed by atoms with Gasteiger partial charge in [-0.25, -0.2) is 4.39 Å². The Morgan fingerprint density at radius 1 is 1.20 bits per heavy atom. The number of halogens is 1. The van der Waals surface area contributed by atoms with Crippen molar-refractivity contribution in [2.75, 3.05) is 0 Å². The van der Waals surface area contributed by atoms with Gasteiger partial charge in [0.1, 0.15) is 5.82 Å². The van der Waals surface area contributed by atoms with E-state index in [1.807, 2.05) is 0 Å². The van der Waals surface area contributed by atoms with Crippen LogP contribution >= 0.6 is 0 Å². The maximum Gasteiger partial charge on any atom is 0.262 e. The lowest BCUT2D eigenvalue weighted by atomic mass is 10.0. The highest BCUT2D eigenvalue weighted by atomic mass is 19.1. The highest BCUT2D eigenvalue weighted by molar-refractivity contribution is 6.21. The zero-order valence-corrected chi connectivity index (χ0v) is 10.5. The number of hydrogen-bond acceptors (Lipinski definition) is 3. The molecule has 2 aliphatic rings. The third kappa shape index (κ3) is 1.72. The van der Waals surface area contributed by atoms with Gasteiger partial charge in [-0.1, -0.05) is 6.58 Å². The number of nitrogens with zero attached hydrogens (tertiary/aromatic N) is 1. The number of carbonyl (C=O) groups excluding carboxylic acids is 3. The molecule has 1 aromatic rings. The van der Waals surface area contributed by atoms with E-state index in [0.29, 0.717) is 12.1 Å². The summed E-state index contributed by atoms with van der Waals surface area (Å²) in [7, 11) is 0. The number of piperidine rings is 1. The molecule has 0 aromatic heterocycles. The number of hydrogen-bond donors (Lipinski definition) is 1. The van der Waals surface area contributed by atoms with Crippen LogP contribution < -0.4 is 5.32 Å². The average molecular weight is 274 g/mol. The SMILES string of the molecule is C=C1NC(=O)CCC1N1C(=O)c2ccc(F)cc2C1=O. The molecule has 102 valence electrons. The van der Waals surface area contributed by atoms with Gasteiger partial charge in [-0.2, -0.15) is 0 Å². The molecule has 0 aliphatic carbocycles. The first-order valence-corrected chi connectivity index (χ1v) is 6.15. The molecule has 1 atom stereocenters. The molecular formula is C14H11FN2O3. The van der Waals surface area contributed by atoms with Gasteiger partial charge >= 0.3 is 0 Å². The summed E-state index contributed by atoms with van der Waals surface area (Å²) in [6.07, 6.45) is 0.546. The molecule has 0 spiro atoms. The van der Waals surface area contributed by atoms with Crippen LogP contribution in [0.2, 0.25) is 0 Å². The van der Waals surface area contributed by atoms with E-state index in [1.54, 1.807) is 0 Å². The van der Waals surface area contributed by atoms with Crippen molar-refractivity contribution >= 4 is 17.7 Å². The lowest BCUT2D eigenvalue weighted by Gasteiger charge is -2.31. The van der Waals surface area contributed by atoms with Crippen LogP contribution in [0.4, 0.5) is 4.39 Å². The van der Waals surface area contributed by atoms with Gasteiger partial charge in [0.05, 0.1) is 17.2 Å². The molecule has 1 aromatic carbocycles. The Morgan fingerprint density at radius 3 is 2.60 bits per heavy atom. The predicted octanol–water partition coefficient (Wildman–Crippen LogP) is 1.21. The van der Waals surface area contributed by atoms with Gasteiger partial charge in [0.15, 0.2) is 0 Å². The fourth-order valence-corrected chi connectivity index (χ4v) is 2.57. The minimum Gasteiger partial charge on any atom is -0.328 e. The molecule has 0 radical (unpaired) electrons. The minimum absolute atomic E-state index is 0.0553. The second kappa shape index (κ2) is 4.26. The topological polar surface area (TPSA) is 66.5 Å². The molecule has 0 bridgehead atoms. The monoisotopic (exact) mass is 274 g/mol. The fraction of sp³-hybridized carbons (Fsp3) is 0.214. The van der Waals surface area contributed by atoms with Crippen molar-refractivity contribution in [2.24, 2.45) is 0 Å². The standard InChI is InChI=1S/C14H11FN2O3/c1-7-11(4-5-12(18)16-7)17-13(19)9-3-2-8(15)6-10(9)14(17)20/h2-3,6,11H,1,4-5H2,(H,16,18). The lowest BCUT2D eigenvalue weighted by Crippen LogP contribution is -2.48. The van der Waals surface area contributed by atoms with Gasteiger partial charge in [-0.15, -0.1) is 0 Å². The van der Waals surface area contributed by atoms with E-state index in [2.05, 4.69) is 11.9 Å². The zero-order valence-electron chi connectivity index (χ0n) is 10.5. The molecule has 5 nitrogen and oxygen atoms in total. The van der Waals surface area contributed by atoms with Gasteiger partial charge in [0.2, 0.25) is 5.91 Å². The Morgan fingerprint density at radius 2 is 1.90 bits per heavy atom. The Labute approximate surface area is 114 Å². The van der Waals surface area contributed by atoms with E-state index in [1.165, 1.54) is 6.07 Å². The summed E-state index contributed by atoms with van der Waals surface area (Å²) in [6.45, 7) is 3.69. The summed E-state index contributed by atoms with van der Waals surface area (Å²) < 4.78 is 13.2. The molecule has 1 N–H and O–H groups in total. The summed E-state index contributed by atoms with van der Waals surface area (Å²) in [4.78, 5) is 36.8. The van der Waals surface area contributed by atoms with Gasteiger partial charge in [0, 0.05) is 12.1 Å². The second-order valence-electron chi connectivity index (χ2n) is 4.80. The van der Waals surface area contributed by atoms with Gasteiger partial charge < -0.3 is 5.32 Å². The van der Waals surface area contributed by atoms with E-state index in [0.717, 1.165) is 17.0 Å². The number of benzene rings is 1. The molecular weight excluding hydrogens is 263 g/mol. The number of fused-ring (bicyclic) bond motifs is 1. The smallest absolute Gasteiger partial charge is 0.262 e. The van der Waals surface area contributed by atoms with Crippen molar-refractivity contribution in [3.63, 3.8) is 0 Å². The Balaban J connectivity index is 1.97. The van der Waals surface area contributed by atoms with Crippen molar-refractivity contribution in [2.45, 2.75) is 18.9 Å². The van der Waals surface area contributed by atoms with E-state index in [4.69, 9.17) is 0 Å². The van der Waals surface area contributed by atoms with Crippen molar-refractivity contribution in [1.29, 1.82) is 0 Å². The highest BCUT2D eigenvalue weighted by Gasteiger charge is 2.42. The fourth-order valence-electron chi connectivity index (χ4n) is 2.57. The van der Waals surface area contributed by atoms with Crippen LogP contribution in [0, 0.1) is 5.82 Å². The molecule has 0 saturated carbocycles. The molecule has 2 heterocycles. The minimum atomic E-state index is -0.580. The van der Waals surface area contributed by atoms with Gasteiger partial charge in [-0.3, -0.25) is 19.3 Å². The first-order valence-electron chi connectivity index (χ1n) is 6.15. The molecule has 3 rings (SSSR count). The van der Waals surface area contributed by atoms with Crippen molar-refractivity contribution < 1.29 is 18.8 Å². The van der Waals surface area contributed by atoms with Crippen molar-refractivity contribution in [3.8, 4) is 0 Å². The van der Waals surface area contributed by atoms with Gasteiger partial charge in [-0.05, 0) is 24.6 Å². The maximum absolute atomic E-state index is 13.2. The van der Waals surface area contributed by atoms with Crippen molar-refractivity contribution in [3.05, 3.63) is 47.4 Å². The molecule has 1 saturated heterocycles. The van der Waals surface area contributed by atoms with E-state index >= 15 is 0 Å². The van der Waals surface area contributed by atoms with Gasteiger partial charge in [0.25, 0.3) is 11.8 Å². The molecule has 1 unspecified atom stereocenters. The van der Waals surface area contributed by atoms with E-state index in [9.17, 15) is 18.8 Å². The number of rotatable bonds is 1. The summed E-state index contributed by atoms with van der Waals surface area (Å²) in [5.41, 5.74) is 0.553. The summed E-state index contributed by atoms with van der Waals surface area (Å²) in [6, 6.07) is 2.92. The molecule has 1 fully saturated rings. The summed E-state index contributed by atoms with van der Waals surface area (Å²) in [5, 5.41) is 2.53. The van der Waals surface area contributed by atoms with Crippen molar-refractivity contribution in [1.82, 2.24) is 10.2 Å². The Bertz CT molecular complexity index is 668. The number of imide groups is 1. The Hall–Kier alpha value is -2.50. The largest absolute Gasteiger partial charge is 0.328 e. The molecule has 20 heavy (non-hydrogen) atoms. The van der Waals surface area contributed by atoms with Crippen LogP contribution in [0.25, 0.3) is 0 Å². The predicted molar refractivity (Wildman–Crippen MR) is 67.2 cm³/mol. The van der Waals surface area contributed by atoms with Crippen LogP contribution in [0.3, 0.4) is 0 Å². The van der Waals surface area contributed by atoms with E-state index < -0.39 is 23.7 Å². The third-order valence-electron chi connectivity index (χ3n) is 3.54. The van der Waals surface area contributed by atoms with Crippen LogP contribution in [0.5, 0.6) is 0 Å². The highest BCUT2D eigenvalue weighted by Crippen LogP contribution is 2.29. The maximum atomic E-state index is 13.2.